The van der Waals surface area contributed by atoms with E-state index in [9.17, 15) is 4.79 Å². The first-order valence-electron chi connectivity index (χ1n) is 5.58. The standard InChI is InChI=1S/C13H13ClN2O3/c1-18-7-8-4-13(17)19-11-5-9(2-3-10(8)11)16-12(15)6-14/h2-5H,6-7H2,1H3,(H2,15,16). The van der Waals surface area contributed by atoms with Gasteiger partial charge in [-0.2, -0.15) is 0 Å². The number of ether oxygens (including phenoxy) is 1. The SMILES string of the molecule is COCc1cc(=O)oc2cc(N=C(N)CCl)ccc12. The van der Waals surface area contributed by atoms with Gasteiger partial charge in [0, 0.05) is 24.6 Å². The van der Waals surface area contributed by atoms with Crippen LogP contribution >= 0.6 is 11.6 Å². The number of fused-ring (bicyclic) bond motifs is 1. The van der Waals surface area contributed by atoms with Crippen LogP contribution in [0.2, 0.25) is 0 Å². The number of methoxy groups -OCH3 is 1. The Balaban J connectivity index is 2.57. The lowest BCUT2D eigenvalue weighted by Gasteiger charge is -2.05. The highest BCUT2D eigenvalue weighted by Crippen LogP contribution is 2.23. The van der Waals surface area contributed by atoms with Gasteiger partial charge < -0.3 is 14.9 Å². The van der Waals surface area contributed by atoms with Crippen molar-refractivity contribution in [3.63, 3.8) is 0 Å². The smallest absolute Gasteiger partial charge is 0.336 e. The number of aliphatic imine (C=N–C) groups is 1. The lowest BCUT2D eigenvalue weighted by atomic mass is 10.1. The molecule has 1 aromatic heterocycles. The van der Waals surface area contributed by atoms with Crippen LogP contribution in [0.15, 0.2) is 38.5 Å². The fourth-order valence-electron chi connectivity index (χ4n) is 1.76. The van der Waals surface area contributed by atoms with Gasteiger partial charge in [0.05, 0.1) is 18.2 Å². The third kappa shape index (κ3) is 3.13. The molecule has 100 valence electrons. The van der Waals surface area contributed by atoms with Crippen molar-refractivity contribution in [2.24, 2.45) is 10.7 Å². The molecule has 19 heavy (non-hydrogen) atoms. The van der Waals surface area contributed by atoms with Gasteiger partial charge in [-0.05, 0) is 17.7 Å². The van der Waals surface area contributed by atoms with Gasteiger partial charge in [-0.1, -0.05) is 0 Å². The number of benzene rings is 1. The second-order valence-electron chi connectivity index (χ2n) is 3.94. The number of alkyl halides is 1. The quantitative estimate of drug-likeness (QED) is 0.403. The van der Waals surface area contributed by atoms with E-state index >= 15 is 0 Å². The highest BCUT2D eigenvalue weighted by molar-refractivity contribution is 6.28. The Morgan fingerprint density at radius 1 is 1.47 bits per heavy atom. The molecule has 0 saturated heterocycles. The first kappa shape index (κ1) is 13.6. The molecule has 0 bridgehead atoms. The highest BCUT2D eigenvalue weighted by Gasteiger charge is 2.06. The molecule has 0 unspecified atom stereocenters. The summed E-state index contributed by atoms with van der Waals surface area (Å²) in [6.45, 7) is 0.342. The van der Waals surface area contributed by atoms with Crippen molar-refractivity contribution >= 4 is 34.1 Å². The molecule has 2 aromatic rings. The predicted octanol–water partition coefficient (Wildman–Crippen LogP) is 2.17. The number of hydrogen-bond acceptors (Lipinski definition) is 4. The average Bonchev–Trinajstić information content (AvgIpc) is 2.38. The Hall–Kier alpha value is -1.85. The summed E-state index contributed by atoms with van der Waals surface area (Å²) in [5.41, 5.74) is 6.94. The van der Waals surface area contributed by atoms with Crippen LogP contribution in [-0.2, 0) is 11.3 Å². The zero-order valence-corrected chi connectivity index (χ0v) is 11.1. The first-order valence-corrected chi connectivity index (χ1v) is 6.12. The van der Waals surface area contributed by atoms with Crippen molar-refractivity contribution < 1.29 is 9.15 Å². The molecule has 0 radical (unpaired) electrons. The summed E-state index contributed by atoms with van der Waals surface area (Å²) >= 11 is 5.57. The minimum Gasteiger partial charge on any atom is -0.423 e. The van der Waals surface area contributed by atoms with Crippen LogP contribution in [0.25, 0.3) is 11.0 Å². The fraction of sp³-hybridized carbons (Fsp3) is 0.231. The average molecular weight is 281 g/mol. The minimum atomic E-state index is -0.425. The summed E-state index contributed by atoms with van der Waals surface area (Å²) < 4.78 is 10.2. The summed E-state index contributed by atoms with van der Waals surface area (Å²) in [6.07, 6.45) is 0. The Kier molecular flexibility index (Phi) is 4.19. The van der Waals surface area contributed by atoms with Crippen molar-refractivity contribution in [1.82, 2.24) is 0 Å². The molecule has 0 amide bonds. The van der Waals surface area contributed by atoms with Crippen molar-refractivity contribution in [1.29, 1.82) is 0 Å². The van der Waals surface area contributed by atoms with Crippen molar-refractivity contribution in [3.8, 4) is 0 Å². The van der Waals surface area contributed by atoms with Crippen LogP contribution in [-0.4, -0.2) is 18.8 Å². The Bertz CT molecular complexity index is 679. The van der Waals surface area contributed by atoms with Crippen LogP contribution in [0.4, 0.5) is 5.69 Å². The summed E-state index contributed by atoms with van der Waals surface area (Å²) in [5.74, 6) is 0.447. The molecule has 0 saturated carbocycles. The number of hydrogen-bond donors (Lipinski definition) is 1. The fourth-order valence-corrected chi connectivity index (χ4v) is 1.82. The second-order valence-corrected chi connectivity index (χ2v) is 4.21. The number of halogens is 1. The van der Waals surface area contributed by atoms with Crippen LogP contribution in [0.5, 0.6) is 0 Å². The van der Waals surface area contributed by atoms with Crippen molar-refractivity contribution in [2.45, 2.75) is 6.61 Å². The van der Waals surface area contributed by atoms with Crippen LogP contribution in [0.3, 0.4) is 0 Å². The molecule has 5 nitrogen and oxygen atoms in total. The monoisotopic (exact) mass is 280 g/mol. The predicted molar refractivity (Wildman–Crippen MR) is 75.2 cm³/mol. The number of rotatable bonds is 4. The molecule has 0 aliphatic rings. The van der Waals surface area contributed by atoms with E-state index in [1.54, 1.807) is 19.2 Å². The third-order valence-corrected chi connectivity index (χ3v) is 2.80. The lowest BCUT2D eigenvalue weighted by Crippen LogP contribution is -2.12. The van der Waals surface area contributed by atoms with Gasteiger partial charge in [0.15, 0.2) is 0 Å². The van der Waals surface area contributed by atoms with E-state index < -0.39 is 5.63 Å². The normalized spacial score (nSPS) is 12.0. The van der Waals surface area contributed by atoms with E-state index in [0.29, 0.717) is 23.7 Å². The van der Waals surface area contributed by atoms with Crippen LogP contribution in [0.1, 0.15) is 5.56 Å². The lowest BCUT2D eigenvalue weighted by molar-refractivity contribution is 0.185. The van der Waals surface area contributed by atoms with Gasteiger partial charge in [0.25, 0.3) is 0 Å². The summed E-state index contributed by atoms with van der Waals surface area (Å²) in [5, 5.41) is 0.810. The van der Waals surface area contributed by atoms with E-state index in [4.69, 9.17) is 26.5 Å². The summed E-state index contributed by atoms with van der Waals surface area (Å²) in [6, 6.07) is 6.66. The molecule has 0 atom stereocenters. The van der Waals surface area contributed by atoms with Gasteiger partial charge in [-0.25, -0.2) is 9.79 Å². The van der Waals surface area contributed by atoms with E-state index in [1.165, 1.54) is 6.07 Å². The van der Waals surface area contributed by atoms with Gasteiger partial charge >= 0.3 is 5.63 Å². The highest BCUT2D eigenvalue weighted by atomic mass is 35.5. The van der Waals surface area contributed by atoms with E-state index in [-0.39, 0.29) is 5.88 Å². The molecule has 1 aromatic carbocycles. The molecule has 0 fully saturated rings. The molecule has 0 spiro atoms. The molecule has 0 aliphatic heterocycles. The minimum absolute atomic E-state index is 0.145. The molecule has 2 N–H and O–H groups in total. The number of nitrogens with two attached hydrogens (primary N) is 1. The number of nitrogens with zero attached hydrogens (tertiary/aromatic N) is 1. The summed E-state index contributed by atoms with van der Waals surface area (Å²) in [7, 11) is 1.57. The third-order valence-electron chi connectivity index (χ3n) is 2.52. The molecular formula is C13H13ClN2O3. The Morgan fingerprint density at radius 3 is 2.95 bits per heavy atom. The molecule has 6 heteroatoms. The zero-order valence-electron chi connectivity index (χ0n) is 10.4. The van der Waals surface area contributed by atoms with Crippen LogP contribution < -0.4 is 11.4 Å². The molecule has 0 aliphatic carbocycles. The van der Waals surface area contributed by atoms with Crippen LogP contribution in [0, 0.1) is 0 Å². The van der Waals surface area contributed by atoms with Gasteiger partial charge in [0.1, 0.15) is 11.4 Å². The van der Waals surface area contributed by atoms with E-state index in [1.807, 2.05) is 6.07 Å². The molecule has 2 rings (SSSR count). The van der Waals surface area contributed by atoms with Crippen molar-refractivity contribution in [2.75, 3.05) is 13.0 Å². The van der Waals surface area contributed by atoms with Gasteiger partial charge in [0.2, 0.25) is 0 Å². The Labute approximate surface area is 114 Å². The topological polar surface area (TPSA) is 77.8 Å². The first-order chi connectivity index (χ1) is 9.13. The zero-order chi connectivity index (χ0) is 13.8. The second kappa shape index (κ2) is 5.86. The Morgan fingerprint density at radius 2 is 2.26 bits per heavy atom. The summed E-state index contributed by atoms with van der Waals surface area (Å²) in [4.78, 5) is 15.6. The van der Waals surface area contributed by atoms with Gasteiger partial charge in [-0.3, -0.25) is 0 Å². The maximum Gasteiger partial charge on any atom is 0.336 e. The molecule has 1 heterocycles. The largest absolute Gasteiger partial charge is 0.423 e. The van der Waals surface area contributed by atoms with E-state index in [0.717, 1.165) is 10.9 Å². The molecular weight excluding hydrogens is 268 g/mol. The van der Waals surface area contributed by atoms with Crippen molar-refractivity contribution in [3.05, 3.63) is 40.2 Å². The maximum absolute atomic E-state index is 11.5. The van der Waals surface area contributed by atoms with E-state index in [2.05, 4.69) is 4.99 Å². The van der Waals surface area contributed by atoms with Gasteiger partial charge in [-0.15, -0.1) is 11.6 Å². The number of amidine groups is 1. The maximum atomic E-state index is 11.5.